The number of methoxy groups -OCH3 is 2. The standard InChI is InChI=1S/C15H23NO4/c1-4-20-13-8-6-12(7-9-13)14(15(17)19-3)16-10-5-11-18-2/h6-9,14,16H,4-5,10-11H2,1-3H3. The van der Waals surface area contributed by atoms with E-state index in [2.05, 4.69) is 5.32 Å². The van der Waals surface area contributed by atoms with Gasteiger partial charge >= 0.3 is 5.97 Å². The highest BCUT2D eigenvalue weighted by molar-refractivity contribution is 5.77. The normalized spacial score (nSPS) is 11.9. The molecule has 1 unspecified atom stereocenters. The monoisotopic (exact) mass is 281 g/mol. The van der Waals surface area contributed by atoms with Crippen LogP contribution in [0.3, 0.4) is 0 Å². The first-order chi connectivity index (χ1) is 9.72. The van der Waals surface area contributed by atoms with Gasteiger partial charge in [0.2, 0.25) is 0 Å². The number of hydrogen-bond donors (Lipinski definition) is 1. The van der Waals surface area contributed by atoms with Crippen LogP contribution < -0.4 is 10.1 Å². The van der Waals surface area contributed by atoms with E-state index in [0.29, 0.717) is 19.8 Å². The molecular weight excluding hydrogens is 258 g/mol. The molecule has 5 nitrogen and oxygen atoms in total. The Morgan fingerprint density at radius 3 is 2.50 bits per heavy atom. The van der Waals surface area contributed by atoms with Gasteiger partial charge in [0.15, 0.2) is 0 Å². The van der Waals surface area contributed by atoms with Crippen LogP contribution in [-0.4, -0.2) is 39.9 Å². The topological polar surface area (TPSA) is 56.8 Å². The van der Waals surface area contributed by atoms with Gasteiger partial charge in [-0.2, -0.15) is 0 Å². The fraction of sp³-hybridized carbons (Fsp3) is 0.533. The number of carbonyl (C=O) groups is 1. The molecule has 1 aromatic carbocycles. The third kappa shape index (κ3) is 5.19. The lowest BCUT2D eigenvalue weighted by Crippen LogP contribution is -2.30. The third-order valence-corrected chi connectivity index (χ3v) is 2.84. The lowest BCUT2D eigenvalue weighted by atomic mass is 10.1. The van der Waals surface area contributed by atoms with Crippen LogP contribution in [0.1, 0.15) is 24.9 Å². The summed E-state index contributed by atoms with van der Waals surface area (Å²) in [4.78, 5) is 11.8. The number of rotatable bonds is 9. The van der Waals surface area contributed by atoms with Crippen LogP contribution in [0.15, 0.2) is 24.3 Å². The summed E-state index contributed by atoms with van der Waals surface area (Å²) < 4.78 is 15.2. The number of hydrogen-bond acceptors (Lipinski definition) is 5. The number of benzene rings is 1. The molecule has 5 heteroatoms. The summed E-state index contributed by atoms with van der Waals surface area (Å²) >= 11 is 0. The average Bonchev–Trinajstić information content (AvgIpc) is 2.48. The predicted octanol–water partition coefficient (Wildman–Crippen LogP) is 1.93. The lowest BCUT2D eigenvalue weighted by molar-refractivity contribution is -0.143. The summed E-state index contributed by atoms with van der Waals surface area (Å²) in [5.41, 5.74) is 0.859. The van der Waals surface area contributed by atoms with Gasteiger partial charge in [0.05, 0.1) is 13.7 Å². The molecule has 0 radical (unpaired) electrons. The first-order valence-electron chi connectivity index (χ1n) is 6.75. The molecule has 1 aromatic rings. The largest absolute Gasteiger partial charge is 0.494 e. The second kappa shape index (κ2) is 9.34. The smallest absolute Gasteiger partial charge is 0.327 e. The summed E-state index contributed by atoms with van der Waals surface area (Å²) in [6.07, 6.45) is 0.834. The van der Waals surface area contributed by atoms with Crippen LogP contribution in [0.5, 0.6) is 5.75 Å². The van der Waals surface area contributed by atoms with Crippen LogP contribution in [0.4, 0.5) is 0 Å². The molecule has 0 saturated heterocycles. The highest BCUT2D eigenvalue weighted by atomic mass is 16.5. The van der Waals surface area contributed by atoms with Crippen LogP contribution >= 0.6 is 0 Å². The van der Waals surface area contributed by atoms with Gasteiger partial charge in [0.1, 0.15) is 11.8 Å². The summed E-state index contributed by atoms with van der Waals surface area (Å²) in [5, 5.41) is 3.18. The zero-order chi connectivity index (χ0) is 14.8. The maximum absolute atomic E-state index is 11.8. The molecule has 0 aliphatic heterocycles. The van der Waals surface area contributed by atoms with Gasteiger partial charge in [-0.25, -0.2) is 4.79 Å². The molecular formula is C15H23NO4. The van der Waals surface area contributed by atoms with Crippen molar-refractivity contribution in [3.05, 3.63) is 29.8 Å². The Bertz CT molecular complexity index is 391. The van der Waals surface area contributed by atoms with E-state index in [1.54, 1.807) is 7.11 Å². The van der Waals surface area contributed by atoms with Crippen molar-refractivity contribution < 1.29 is 19.0 Å². The highest BCUT2D eigenvalue weighted by Gasteiger charge is 2.20. The summed E-state index contributed by atoms with van der Waals surface area (Å²) in [7, 11) is 3.05. The molecule has 1 N–H and O–H groups in total. The number of nitrogens with one attached hydrogen (secondary N) is 1. The Morgan fingerprint density at radius 1 is 1.25 bits per heavy atom. The van der Waals surface area contributed by atoms with E-state index < -0.39 is 6.04 Å². The molecule has 20 heavy (non-hydrogen) atoms. The van der Waals surface area contributed by atoms with Gasteiger partial charge in [0, 0.05) is 13.7 Å². The van der Waals surface area contributed by atoms with E-state index in [9.17, 15) is 4.79 Å². The molecule has 1 rings (SSSR count). The Hall–Kier alpha value is -1.59. The van der Waals surface area contributed by atoms with E-state index in [0.717, 1.165) is 17.7 Å². The maximum Gasteiger partial charge on any atom is 0.327 e. The lowest BCUT2D eigenvalue weighted by Gasteiger charge is -2.17. The van der Waals surface area contributed by atoms with E-state index in [1.807, 2.05) is 31.2 Å². The molecule has 0 heterocycles. The van der Waals surface area contributed by atoms with Crippen molar-refractivity contribution >= 4 is 5.97 Å². The van der Waals surface area contributed by atoms with Gasteiger partial charge in [-0.15, -0.1) is 0 Å². The average molecular weight is 281 g/mol. The van der Waals surface area contributed by atoms with E-state index in [1.165, 1.54) is 7.11 Å². The SMILES string of the molecule is CCOc1ccc(C(NCCCOC)C(=O)OC)cc1. The quantitative estimate of drug-likeness (QED) is 0.553. The van der Waals surface area contributed by atoms with Crippen LogP contribution in [0, 0.1) is 0 Å². The summed E-state index contributed by atoms with van der Waals surface area (Å²) in [5.74, 6) is 0.492. The highest BCUT2D eigenvalue weighted by Crippen LogP contribution is 2.19. The van der Waals surface area contributed by atoms with Gasteiger partial charge in [-0.05, 0) is 37.6 Å². The molecule has 112 valence electrons. The van der Waals surface area contributed by atoms with Crippen molar-refractivity contribution in [1.29, 1.82) is 0 Å². The van der Waals surface area contributed by atoms with Crippen molar-refractivity contribution in [1.82, 2.24) is 5.32 Å². The molecule has 0 aromatic heterocycles. The van der Waals surface area contributed by atoms with Gasteiger partial charge in [-0.1, -0.05) is 12.1 Å². The minimum absolute atomic E-state index is 0.299. The summed E-state index contributed by atoms with van der Waals surface area (Å²) in [6, 6.07) is 6.98. The predicted molar refractivity (Wildman–Crippen MR) is 76.9 cm³/mol. The molecule has 1 atom stereocenters. The molecule has 0 aliphatic rings. The summed E-state index contributed by atoms with van der Waals surface area (Å²) in [6.45, 7) is 3.89. The molecule has 0 aliphatic carbocycles. The first-order valence-corrected chi connectivity index (χ1v) is 6.75. The third-order valence-electron chi connectivity index (χ3n) is 2.84. The molecule has 0 saturated carbocycles. The van der Waals surface area contributed by atoms with E-state index in [4.69, 9.17) is 14.2 Å². The number of esters is 1. The number of ether oxygens (including phenoxy) is 3. The zero-order valence-corrected chi connectivity index (χ0v) is 12.3. The Labute approximate surface area is 120 Å². The van der Waals surface area contributed by atoms with Crippen LogP contribution in [-0.2, 0) is 14.3 Å². The van der Waals surface area contributed by atoms with Gasteiger partial charge in [-0.3, -0.25) is 0 Å². The minimum Gasteiger partial charge on any atom is -0.494 e. The van der Waals surface area contributed by atoms with Crippen molar-refractivity contribution in [3.8, 4) is 5.75 Å². The molecule has 0 bridgehead atoms. The zero-order valence-electron chi connectivity index (χ0n) is 12.3. The second-order valence-electron chi connectivity index (χ2n) is 4.26. The number of carbonyl (C=O) groups excluding carboxylic acids is 1. The maximum atomic E-state index is 11.8. The van der Waals surface area contributed by atoms with Gasteiger partial charge in [0.25, 0.3) is 0 Å². The first kappa shape index (κ1) is 16.5. The van der Waals surface area contributed by atoms with Crippen molar-refractivity contribution in [2.24, 2.45) is 0 Å². The fourth-order valence-corrected chi connectivity index (χ4v) is 1.84. The van der Waals surface area contributed by atoms with E-state index in [-0.39, 0.29) is 5.97 Å². The Morgan fingerprint density at radius 2 is 1.95 bits per heavy atom. The Kier molecular flexibility index (Phi) is 7.69. The van der Waals surface area contributed by atoms with Crippen LogP contribution in [0.25, 0.3) is 0 Å². The van der Waals surface area contributed by atoms with Crippen molar-refractivity contribution in [3.63, 3.8) is 0 Å². The van der Waals surface area contributed by atoms with E-state index >= 15 is 0 Å². The molecule has 0 fully saturated rings. The van der Waals surface area contributed by atoms with Crippen LogP contribution in [0.2, 0.25) is 0 Å². The Balaban J connectivity index is 2.68. The molecule has 0 amide bonds. The van der Waals surface area contributed by atoms with Gasteiger partial charge < -0.3 is 19.5 Å². The minimum atomic E-state index is -0.465. The molecule has 0 spiro atoms. The van der Waals surface area contributed by atoms with Crippen molar-refractivity contribution in [2.75, 3.05) is 34.0 Å². The second-order valence-corrected chi connectivity index (χ2v) is 4.26. The van der Waals surface area contributed by atoms with Crippen molar-refractivity contribution in [2.45, 2.75) is 19.4 Å². The fourth-order valence-electron chi connectivity index (χ4n) is 1.84.